The Morgan fingerprint density at radius 3 is 1.10 bits per heavy atom. The topological polar surface area (TPSA) is 97.5 Å². The monoisotopic (exact) mass is 326 g/mol. The van der Waals surface area contributed by atoms with Crippen LogP contribution in [0.25, 0.3) is 20.9 Å². The second-order valence-corrected chi connectivity index (χ2v) is 25.7. The lowest BCUT2D eigenvalue weighted by Crippen LogP contribution is -2.71. The molecule has 0 spiro atoms. The van der Waals surface area contributed by atoms with Crippen LogP contribution in [0.15, 0.2) is 10.1 Å². The standard InChI is InChI=1S/C10H27BN6Si3/c1-18(2,3)10(19(4,5)6,20(7,8)9)11(14-16-12)15-17-13/h1-9H3. The summed E-state index contributed by atoms with van der Waals surface area (Å²) in [6.45, 7) is 20.2. The quantitative estimate of drug-likeness (QED) is 0.268. The first kappa shape index (κ1) is 19.3. The minimum Gasteiger partial charge on any atom is -0.141 e. The maximum absolute atomic E-state index is 8.95. The van der Waals surface area contributed by atoms with Gasteiger partial charge in [-0.15, -0.1) is 10.1 Å². The highest BCUT2D eigenvalue weighted by atomic mass is 28.5. The van der Waals surface area contributed by atoms with Gasteiger partial charge in [-0.25, -0.2) is 0 Å². The largest absolute Gasteiger partial charge is 0.341 e. The molecule has 0 heterocycles. The summed E-state index contributed by atoms with van der Waals surface area (Å²) in [6, 6.07) is 0. The predicted octanol–water partition coefficient (Wildman–Crippen LogP) is 5.47. The van der Waals surface area contributed by atoms with Gasteiger partial charge in [0.2, 0.25) is 0 Å². The molecule has 0 bridgehead atoms. The summed E-state index contributed by atoms with van der Waals surface area (Å²) in [5.74, 6) is 0. The van der Waals surface area contributed by atoms with Crippen LogP contribution in [0.4, 0.5) is 0 Å². The van der Waals surface area contributed by atoms with E-state index >= 15 is 0 Å². The van der Waals surface area contributed by atoms with Gasteiger partial charge in [0.1, 0.15) is 0 Å². The molecule has 0 rings (SSSR count). The molecule has 112 valence electrons. The SMILES string of the molecule is C[Si](C)(C)C(B(N=[N+]=[N-])N=[N+]=[N-])([Si](C)(C)C)[Si](C)(C)C. The van der Waals surface area contributed by atoms with E-state index < -0.39 is 31.2 Å². The van der Waals surface area contributed by atoms with Gasteiger partial charge in [0.25, 0.3) is 0 Å². The van der Waals surface area contributed by atoms with E-state index in [4.69, 9.17) is 11.1 Å². The molecule has 0 unspecified atom stereocenters. The highest BCUT2D eigenvalue weighted by Crippen LogP contribution is 2.56. The van der Waals surface area contributed by atoms with Crippen molar-refractivity contribution in [3.8, 4) is 0 Å². The third-order valence-electron chi connectivity index (χ3n) is 4.26. The Kier molecular flexibility index (Phi) is 5.79. The van der Waals surface area contributed by atoms with Crippen molar-refractivity contribution in [3.63, 3.8) is 0 Å². The molecule has 6 nitrogen and oxygen atoms in total. The maximum atomic E-state index is 8.95. The van der Waals surface area contributed by atoms with Gasteiger partial charge in [0.05, 0.1) is 0 Å². The smallest absolute Gasteiger partial charge is 0.141 e. The van der Waals surface area contributed by atoms with E-state index in [-0.39, 0.29) is 4.18 Å². The van der Waals surface area contributed by atoms with E-state index in [0.29, 0.717) is 0 Å². The average molecular weight is 326 g/mol. The predicted molar refractivity (Wildman–Crippen MR) is 96.8 cm³/mol. The molecular weight excluding hydrogens is 299 g/mol. The molecule has 0 aromatic rings. The Bertz CT molecular complexity index is 395. The second kappa shape index (κ2) is 5.99. The van der Waals surface area contributed by atoms with E-state index in [0.717, 1.165) is 0 Å². The summed E-state index contributed by atoms with van der Waals surface area (Å²) in [5.41, 5.74) is 17.9. The minimum absolute atomic E-state index is 0.0918. The fraction of sp³-hybridized carbons (Fsp3) is 1.00. The van der Waals surface area contributed by atoms with Gasteiger partial charge in [-0.3, -0.25) is 0 Å². The molecule has 0 N–H and O–H groups in total. The molecular formula is C10H27BN6Si3. The van der Waals surface area contributed by atoms with Gasteiger partial charge in [0, 0.05) is 24.2 Å². The van der Waals surface area contributed by atoms with Crippen molar-refractivity contribution in [2.75, 3.05) is 0 Å². The van der Waals surface area contributed by atoms with Gasteiger partial charge in [-0.1, -0.05) is 63.1 Å². The third-order valence-corrected chi connectivity index (χ3v) is 25.6. The zero-order valence-corrected chi connectivity index (χ0v) is 17.3. The number of rotatable bonds is 6. The second-order valence-electron chi connectivity index (χ2n) is 8.34. The van der Waals surface area contributed by atoms with Crippen LogP contribution in [-0.2, 0) is 0 Å². The first-order valence-electron chi connectivity index (χ1n) is 6.86. The number of hydrogen-bond donors (Lipinski definition) is 0. The van der Waals surface area contributed by atoms with Crippen LogP contribution in [0.5, 0.6) is 0 Å². The Balaban J connectivity index is 6.74. The van der Waals surface area contributed by atoms with Crippen LogP contribution in [0.1, 0.15) is 0 Å². The fourth-order valence-electron chi connectivity index (χ4n) is 4.83. The molecule has 0 aromatic heterocycles. The van der Waals surface area contributed by atoms with Gasteiger partial charge < -0.3 is 0 Å². The highest BCUT2D eigenvalue weighted by molar-refractivity contribution is 7.25. The van der Waals surface area contributed by atoms with Crippen LogP contribution in [0, 0.1) is 0 Å². The zero-order chi connectivity index (χ0) is 16.4. The Labute approximate surface area is 125 Å². The van der Waals surface area contributed by atoms with E-state index in [1.165, 1.54) is 0 Å². The summed E-state index contributed by atoms with van der Waals surface area (Å²) in [7, 11) is -5.25. The van der Waals surface area contributed by atoms with E-state index in [2.05, 4.69) is 78.8 Å². The lowest BCUT2D eigenvalue weighted by molar-refractivity contribution is 1.17. The van der Waals surface area contributed by atoms with Gasteiger partial charge in [-0.2, -0.15) is 0 Å². The molecule has 0 aromatic carbocycles. The fourth-order valence-corrected chi connectivity index (χ4v) is 34.5. The molecule has 0 saturated heterocycles. The average Bonchev–Trinajstić information content (AvgIpc) is 2.11. The molecule has 0 saturated carbocycles. The lowest BCUT2D eigenvalue weighted by atomic mass is 9.82. The third kappa shape index (κ3) is 3.15. The van der Waals surface area contributed by atoms with Crippen molar-refractivity contribution >= 4 is 31.2 Å². The number of nitrogens with zero attached hydrogens (tertiary/aromatic N) is 6. The maximum Gasteiger partial charge on any atom is 0.341 e. The van der Waals surface area contributed by atoms with Crippen LogP contribution >= 0.6 is 0 Å². The van der Waals surface area contributed by atoms with Gasteiger partial charge in [0.15, 0.2) is 0 Å². The summed E-state index contributed by atoms with van der Waals surface area (Å²) < 4.78 is -0.0918. The number of azide groups is 1. The summed E-state index contributed by atoms with van der Waals surface area (Å²) in [5, 5.41) is 7.90. The molecule has 0 aliphatic carbocycles. The van der Waals surface area contributed by atoms with Crippen molar-refractivity contribution in [1.82, 2.24) is 0 Å². The van der Waals surface area contributed by atoms with E-state index in [1.807, 2.05) is 0 Å². The first-order valence-corrected chi connectivity index (χ1v) is 17.4. The molecule has 0 fully saturated rings. The molecule has 0 aliphatic rings. The summed E-state index contributed by atoms with van der Waals surface area (Å²) in [4.78, 5) is 5.98. The van der Waals surface area contributed by atoms with Crippen molar-refractivity contribution in [2.24, 2.45) is 10.1 Å². The van der Waals surface area contributed by atoms with Crippen molar-refractivity contribution in [3.05, 3.63) is 20.9 Å². The molecule has 0 aliphatic heterocycles. The summed E-state index contributed by atoms with van der Waals surface area (Å²) >= 11 is 0. The van der Waals surface area contributed by atoms with E-state index in [9.17, 15) is 0 Å². The molecule has 0 radical (unpaired) electrons. The van der Waals surface area contributed by atoms with Gasteiger partial charge in [-0.05, 0) is 20.9 Å². The Morgan fingerprint density at radius 1 is 0.700 bits per heavy atom. The molecule has 20 heavy (non-hydrogen) atoms. The van der Waals surface area contributed by atoms with Crippen molar-refractivity contribution in [2.45, 2.75) is 63.1 Å². The van der Waals surface area contributed by atoms with Crippen LogP contribution in [-0.4, -0.2) is 31.2 Å². The van der Waals surface area contributed by atoms with Crippen LogP contribution in [0.2, 0.25) is 63.1 Å². The van der Waals surface area contributed by atoms with Crippen LogP contribution < -0.4 is 0 Å². The van der Waals surface area contributed by atoms with Crippen LogP contribution in [0.3, 0.4) is 0 Å². The minimum atomic E-state index is -1.75. The number of hydrogen-bond acceptors (Lipinski definition) is 2. The van der Waals surface area contributed by atoms with E-state index in [1.54, 1.807) is 0 Å². The Hall–Kier alpha value is -0.664. The molecule has 10 heteroatoms. The molecule has 0 amide bonds. The normalized spacial score (nSPS) is 13.2. The lowest BCUT2D eigenvalue weighted by Gasteiger charge is -2.60. The van der Waals surface area contributed by atoms with Crippen molar-refractivity contribution < 1.29 is 0 Å². The summed E-state index contributed by atoms with van der Waals surface area (Å²) in [6.07, 6.45) is 0. The highest BCUT2D eigenvalue weighted by Gasteiger charge is 2.64. The Morgan fingerprint density at radius 2 is 0.950 bits per heavy atom. The first-order chi connectivity index (χ1) is 8.77. The molecule has 0 atom stereocenters. The van der Waals surface area contributed by atoms with Gasteiger partial charge >= 0.3 is 6.98 Å². The van der Waals surface area contributed by atoms with Crippen molar-refractivity contribution in [1.29, 1.82) is 0 Å². The zero-order valence-electron chi connectivity index (χ0n) is 14.3.